The van der Waals surface area contributed by atoms with Crippen molar-refractivity contribution in [2.75, 3.05) is 12.3 Å². The van der Waals surface area contributed by atoms with Gasteiger partial charge in [-0.3, -0.25) is 10.1 Å². The summed E-state index contributed by atoms with van der Waals surface area (Å²) in [5.74, 6) is 0.932. The molecule has 8 nitrogen and oxygen atoms in total. The Morgan fingerprint density at radius 2 is 2.09 bits per heavy atom. The first-order valence-electron chi connectivity index (χ1n) is 6.46. The fraction of sp³-hybridized carbons (Fsp3) is 0.417. The van der Waals surface area contributed by atoms with Crippen molar-refractivity contribution in [1.82, 2.24) is 25.5 Å². The van der Waals surface area contributed by atoms with E-state index in [0.29, 0.717) is 6.54 Å². The van der Waals surface area contributed by atoms with E-state index in [2.05, 4.69) is 20.8 Å². The van der Waals surface area contributed by atoms with Crippen molar-refractivity contribution in [3.63, 3.8) is 0 Å². The fourth-order valence-corrected chi connectivity index (χ4v) is 2.46. The van der Waals surface area contributed by atoms with Gasteiger partial charge in [0, 0.05) is 31.5 Å². The van der Waals surface area contributed by atoms with Gasteiger partial charge in [0.2, 0.25) is 5.16 Å². The van der Waals surface area contributed by atoms with E-state index in [1.807, 2.05) is 7.05 Å². The van der Waals surface area contributed by atoms with Crippen LogP contribution in [0.25, 0.3) is 0 Å². The number of hydrogen-bond acceptors (Lipinski definition) is 7. The molecule has 0 spiro atoms. The zero-order chi connectivity index (χ0) is 15.1. The topological polar surface area (TPSA) is 98.8 Å². The molecule has 2 rings (SSSR count). The first-order chi connectivity index (χ1) is 10.2. The van der Waals surface area contributed by atoms with Gasteiger partial charge in [-0.2, -0.15) is 0 Å². The van der Waals surface area contributed by atoms with Crippen molar-refractivity contribution in [3.05, 3.63) is 39.9 Å². The van der Waals surface area contributed by atoms with Gasteiger partial charge >= 0.3 is 0 Å². The Hall–Kier alpha value is -1.71. The highest BCUT2D eigenvalue weighted by molar-refractivity contribution is 7.99. The minimum atomic E-state index is -0.393. The number of thioether (sulfide) groups is 1. The van der Waals surface area contributed by atoms with Gasteiger partial charge in [0.15, 0.2) is 0 Å². The summed E-state index contributed by atoms with van der Waals surface area (Å²) in [4.78, 5) is 10.1. The number of rotatable bonds is 8. The van der Waals surface area contributed by atoms with E-state index in [0.717, 1.165) is 29.4 Å². The molecule has 0 saturated carbocycles. The Morgan fingerprint density at radius 1 is 1.36 bits per heavy atom. The summed E-state index contributed by atoms with van der Waals surface area (Å²) in [5, 5.41) is 25.9. The number of nitro benzene ring substituents is 1. The maximum Gasteiger partial charge on any atom is 0.269 e. The van der Waals surface area contributed by atoms with Gasteiger partial charge in [0.05, 0.1) is 4.92 Å². The molecular formula is C12H17ClN6O2S. The number of aromatic nitrogens is 4. The van der Waals surface area contributed by atoms with Crippen LogP contribution in [-0.4, -0.2) is 37.4 Å². The van der Waals surface area contributed by atoms with Gasteiger partial charge < -0.3 is 5.32 Å². The number of nitrogens with one attached hydrogen (secondary N) is 1. The smallest absolute Gasteiger partial charge is 0.269 e. The summed E-state index contributed by atoms with van der Waals surface area (Å²) in [6.07, 6.45) is 0.991. The maximum absolute atomic E-state index is 10.5. The van der Waals surface area contributed by atoms with Crippen LogP contribution in [-0.2, 0) is 13.6 Å². The molecule has 0 amide bonds. The van der Waals surface area contributed by atoms with Gasteiger partial charge in [0.25, 0.3) is 5.69 Å². The molecule has 0 atom stereocenters. The minimum Gasteiger partial charge on any atom is -0.313 e. The van der Waals surface area contributed by atoms with E-state index in [1.165, 1.54) is 12.1 Å². The number of hydrogen-bond donors (Lipinski definition) is 1. The highest BCUT2D eigenvalue weighted by Crippen LogP contribution is 2.13. The molecule has 0 bridgehead atoms. The number of tetrazole rings is 1. The molecule has 0 radical (unpaired) electrons. The van der Waals surface area contributed by atoms with Gasteiger partial charge in [-0.05, 0) is 29.0 Å². The lowest BCUT2D eigenvalue weighted by Crippen LogP contribution is -2.15. The van der Waals surface area contributed by atoms with Crippen molar-refractivity contribution < 1.29 is 4.92 Å². The SMILES string of the molecule is Cl.Cn1nnnc1SCCCNCc1ccc([N+](=O)[O-])cc1. The van der Waals surface area contributed by atoms with Gasteiger partial charge in [-0.1, -0.05) is 23.9 Å². The third kappa shape index (κ3) is 5.58. The second-order valence-corrected chi connectivity index (χ2v) is 5.45. The number of aryl methyl sites for hydroxylation is 1. The Morgan fingerprint density at radius 3 is 2.68 bits per heavy atom. The normalized spacial score (nSPS) is 10.2. The van der Waals surface area contributed by atoms with Gasteiger partial charge in [-0.15, -0.1) is 17.5 Å². The summed E-state index contributed by atoms with van der Waals surface area (Å²) >= 11 is 1.62. The summed E-state index contributed by atoms with van der Waals surface area (Å²) in [5.41, 5.74) is 1.15. The van der Waals surface area contributed by atoms with E-state index in [9.17, 15) is 10.1 Å². The predicted octanol–water partition coefficient (Wildman–Crippen LogP) is 1.81. The zero-order valence-electron chi connectivity index (χ0n) is 12.0. The molecule has 0 aliphatic carbocycles. The minimum absolute atomic E-state index is 0. The van der Waals surface area contributed by atoms with Crippen LogP contribution in [0.15, 0.2) is 29.4 Å². The van der Waals surface area contributed by atoms with Crippen molar-refractivity contribution in [2.45, 2.75) is 18.1 Å². The summed E-state index contributed by atoms with van der Waals surface area (Å²) in [6.45, 7) is 1.57. The average molecular weight is 345 g/mol. The molecule has 1 N–H and O–H groups in total. The molecule has 10 heteroatoms. The Labute approximate surface area is 138 Å². The summed E-state index contributed by atoms with van der Waals surface area (Å²) in [6, 6.07) is 6.58. The molecule has 0 aliphatic heterocycles. The highest BCUT2D eigenvalue weighted by Gasteiger charge is 2.04. The third-order valence-electron chi connectivity index (χ3n) is 2.79. The lowest BCUT2D eigenvalue weighted by atomic mass is 10.2. The van der Waals surface area contributed by atoms with Crippen LogP contribution in [0.1, 0.15) is 12.0 Å². The van der Waals surface area contributed by atoms with E-state index in [-0.39, 0.29) is 18.1 Å². The number of nitrogens with zero attached hydrogens (tertiary/aromatic N) is 5. The van der Waals surface area contributed by atoms with Gasteiger partial charge in [0.1, 0.15) is 0 Å². The molecule has 22 heavy (non-hydrogen) atoms. The first-order valence-corrected chi connectivity index (χ1v) is 7.44. The second kappa shape index (κ2) is 9.34. The maximum atomic E-state index is 10.5. The molecular weight excluding hydrogens is 328 g/mol. The van der Waals surface area contributed by atoms with Crippen LogP contribution in [0, 0.1) is 10.1 Å². The molecule has 0 fully saturated rings. The molecule has 1 aromatic carbocycles. The van der Waals surface area contributed by atoms with E-state index >= 15 is 0 Å². The average Bonchev–Trinajstić information content (AvgIpc) is 2.88. The van der Waals surface area contributed by atoms with E-state index in [4.69, 9.17) is 0 Å². The Balaban J connectivity index is 0.00000242. The first kappa shape index (κ1) is 18.3. The Kier molecular flexibility index (Phi) is 7.78. The largest absolute Gasteiger partial charge is 0.313 e. The number of halogens is 1. The van der Waals surface area contributed by atoms with Crippen molar-refractivity contribution >= 4 is 29.9 Å². The molecule has 2 aromatic rings. The van der Waals surface area contributed by atoms with Crippen LogP contribution >= 0.6 is 24.2 Å². The van der Waals surface area contributed by atoms with Crippen LogP contribution in [0.5, 0.6) is 0 Å². The van der Waals surface area contributed by atoms with Crippen molar-refractivity contribution in [3.8, 4) is 0 Å². The van der Waals surface area contributed by atoms with Gasteiger partial charge in [-0.25, -0.2) is 4.68 Å². The summed E-state index contributed by atoms with van der Waals surface area (Å²) in [7, 11) is 1.81. The molecule has 0 aliphatic rings. The van der Waals surface area contributed by atoms with Crippen molar-refractivity contribution in [2.24, 2.45) is 7.05 Å². The fourth-order valence-electron chi connectivity index (χ4n) is 1.67. The molecule has 1 heterocycles. The zero-order valence-corrected chi connectivity index (χ0v) is 13.6. The van der Waals surface area contributed by atoms with Crippen LogP contribution < -0.4 is 5.32 Å². The molecule has 0 unspecified atom stereocenters. The lowest BCUT2D eigenvalue weighted by Gasteiger charge is -2.04. The van der Waals surface area contributed by atoms with E-state index < -0.39 is 4.92 Å². The molecule has 120 valence electrons. The van der Waals surface area contributed by atoms with Crippen LogP contribution in [0.3, 0.4) is 0 Å². The van der Waals surface area contributed by atoms with E-state index in [1.54, 1.807) is 28.6 Å². The predicted molar refractivity (Wildman–Crippen MR) is 86.2 cm³/mol. The lowest BCUT2D eigenvalue weighted by molar-refractivity contribution is -0.384. The summed E-state index contributed by atoms with van der Waals surface area (Å²) < 4.78 is 1.65. The number of non-ortho nitro benzene ring substituents is 1. The molecule has 1 aromatic heterocycles. The van der Waals surface area contributed by atoms with Crippen molar-refractivity contribution in [1.29, 1.82) is 0 Å². The third-order valence-corrected chi connectivity index (χ3v) is 3.88. The Bertz CT molecular complexity index is 592. The van der Waals surface area contributed by atoms with Crippen LogP contribution in [0.4, 0.5) is 5.69 Å². The quantitative estimate of drug-likeness (QED) is 0.337. The number of benzene rings is 1. The van der Waals surface area contributed by atoms with Crippen LogP contribution in [0.2, 0.25) is 0 Å². The second-order valence-electron chi connectivity index (χ2n) is 4.39. The highest BCUT2D eigenvalue weighted by atomic mass is 35.5. The monoisotopic (exact) mass is 344 g/mol. The number of nitro groups is 1. The standard InChI is InChI=1S/C12H16N6O2S.ClH/c1-17-12(14-15-16-17)21-8-2-7-13-9-10-3-5-11(6-4-10)18(19)20;/h3-6,13H,2,7-9H2,1H3;1H. The molecule has 0 saturated heterocycles.